The summed E-state index contributed by atoms with van der Waals surface area (Å²) < 4.78 is 5.77. The number of nitrogens with two attached hydrogens (primary N) is 3. The highest BCUT2D eigenvalue weighted by Crippen LogP contribution is 2.39. The number of rotatable bonds is 13. The number of carbonyl (C=O) groups is 1. The largest absolute Gasteiger partial charge is 0.382 e. The Morgan fingerprint density at radius 3 is 2.33 bits per heavy atom. The maximum absolute atomic E-state index is 12.3. The van der Waals surface area contributed by atoms with Gasteiger partial charge in [0.1, 0.15) is 5.82 Å². The van der Waals surface area contributed by atoms with Gasteiger partial charge < -0.3 is 26.8 Å². The summed E-state index contributed by atoms with van der Waals surface area (Å²) in [6.07, 6.45) is 3.97. The molecule has 0 aliphatic carbocycles. The fraction of sp³-hybridized carbons (Fsp3) is 0.739. The summed E-state index contributed by atoms with van der Waals surface area (Å²) in [7, 11) is 4.10. The van der Waals surface area contributed by atoms with Gasteiger partial charge in [-0.05, 0) is 57.5 Å². The summed E-state index contributed by atoms with van der Waals surface area (Å²) in [6, 6.07) is 0. The number of hydrogen-bond donors (Lipinski definition) is 4. The number of hydrogen-bond acceptors (Lipinski definition) is 8. The number of nitrogens with one attached hydrogen (secondary N) is 1. The number of amides is 1. The van der Waals surface area contributed by atoms with Gasteiger partial charge in [0.25, 0.3) is 5.91 Å². The molecule has 0 aliphatic heterocycles. The molecule has 0 aliphatic rings. The molecule has 33 heavy (non-hydrogen) atoms. The van der Waals surface area contributed by atoms with E-state index >= 15 is 0 Å². The zero-order valence-corrected chi connectivity index (χ0v) is 21.5. The van der Waals surface area contributed by atoms with Crippen molar-refractivity contribution in [1.29, 1.82) is 0 Å². The molecule has 0 saturated heterocycles. The molecule has 0 saturated carbocycles. The molecule has 7 N–H and O–H groups in total. The Hall–Kier alpha value is -2.46. The summed E-state index contributed by atoms with van der Waals surface area (Å²) >= 11 is 0. The van der Waals surface area contributed by atoms with E-state index in [2.05, 4.69) is 52.9 Å². The van der Waals surface area contributed by atoms with E-state index in [4.69, 9.17) is 21.9 Å². The van der Waals surface area contributed by atoms with Crippen molar-refractivity contribution in [2.75, 3.05) is 51.9 Å². The molecular formula is C23H44N8O2. The topological polar surface area (TPSA) is 158 Å². The highest BCUT2D eigenvalue weighted by atomic mass is 16.5. The Labute approximate surface area is 198 Å². The molecule has 1 aromatic rings. The molecule has 0 aromatic carbocycles. The smallest absolute Gasteiger partial charge is 0.280 e. The fourth-order valence-electron chi connectivity index (χ4n) is 3.86. The Balaban J connectivity index is 2.44. The normalized spacial score (nSPS) is 12.9. The van der Waals surface area contributed by atoms with E-state index in [1.165, 1.54) is 0 Å². The van der Waals surface area contributed by atoms with Crippen molar-refractivity contribution >= 4 is 23.5 Å². The van der Waals surface area contributed by atoms with Gasteiger partial charge in [0, 0.05) is 19.7 Å². The Morgan fingerprint density at radius 1 is 1.06 bits per heavy atom. The van der Waals surface area contributed by atoms with Gasteiger partial charge in [0.15, 0.2) is 17.5 Å². The SMILES string of the molecule is Cc1nc(C(=O)NC(N)=NCCCC(C)(C)CC(C)(C)CCOCCN(C)C)c(N)nc1N. The number of anilines is 2. The van der Waals surface area contributed by atoms with E-state index in [1.807, 2.05) is 14.1 Å². The van der Waals surface area contributed by atoms with Crippen LogP contribution in [0.25, 0.3) is 0 Å². The minimum Gasteiger partial charge on any atom is -0.382 e. The molecule has 1 amide bonds. The molecule has 1 heterocycles. The molecule has 0 spiro atoms. The fourth-order valence-corrected chi connectivity index (χ4v) is 3.86. The summed E-state index contributed by atoms with van der Waals surface area (Å²) in [5, 5.41) is 2.51. The first-order valence-corrected chi connectivity index (χ1v) is 11.5. The number of aromatic nitrogens is 2. The van der Waals surface area contributed by atoms with Crippen molar-refractivity contribution in [3.63, 3.8) is 0 Å². The van der Waals surface area contributed by atoms with Crippen LogP contribution < -0.4 is 22.5 Å². The molecule has 0 atom stereocenters. The second-order valence-corrected chi connectivity index (χ2v) is 10.4. The van der Waals surface area contributed by atoms with Gasteiger partial charge in [-0.25, -0.2) is 9.97 Å². The lowest BCUT2D eigenvalue weighted by molar-refractivity contribution is 0.0749. The van der Waals surface area contributed by atoms with Crippen molar-refractivity contribution < 1.29 is 9.53 Å². The third kappa shape index (κ3) is 11.3. The molecule has 0 fully saturated rings. The Kier molecular flexibility index (Phi) is 11.0. The minimum atomic E-state index is -0.556. The first kappa shape index (κ1) is 28.6. The monoisotopic (exact) mass is 464 g/mol. The number of carbonyl (C=O) groups excluding carboxylic acids is 1. The van der Waals surface area contributed by atoms with E-state index in [-0.39, 0.29) is 34.1 Å². The van der Waals surface area contributed by atoms with Gasteiger partial charge in [-0.2, -0.15) is 0 Å². The highest BCUT2D eigenvalue weighted by Gasteiger charge is 2.28. The quantitative estimate of drug-likeness (QED) is 0.196. The number of nitrogen functional groups attached to an aromatic ring is 2. The Bertz CT molecular complexity index is 806. The van der Waals surface area contributed by atoms with E-state index in [9.17, 15) is 4.79 Å². The number of nitrogens with zero attached hydrogens (tertiary/aromatic N) is 4. The lowest BCUT2D eigenvalue weighted by atomic mass is 9.71. The summed E-state index contributed by atoms with van der Waals surface area (Å²) in [4.78, 5) is 26.7. The molecule has 10 heteroatoms. The van der Waals surface area contributed by atoms with Gasteiger partial charge in [0.2, 0.25) is 0 Å². The van der Waals surface area contributed by atoms with E-state index in [0.717, 1.165) is 45.4 Å². The van der Waals surface area contributed by atoms with Crippen LogP contribution in [0.15, 0.2) is 4.99 Å². The van der Waals surface area contributed by atoms with Crippen molar-refractivity contribution in [1.82, 2.24) is 20.2 Å². The Morgan fingerprint density at radius 2 is 1.70 bits per heavy atom. The third-order valence-corrected chi connectivity index (χ3v) is 5.45. The van der Waals surface area contributed by atoms with Crippen LogP contribution in [-0.2, 0) is 4.74 Å². The number of guanidine groups is 1. The van der Waals surface area contributed by atoms with Crippen LogP contribution in [0, 0.1) is 17.8 Å². The zero-order valence-electron chi connectivity index (χ0n) is 21.5. The van der Waals surface area contributed by atoms with Crippen LogP contribution in [0.5, 0.6) is 0 Å². The van der Waals surface area contributed by atoms with Crippen LogP contribution in [0.1, 0.15) is 69.6 Å². The first-order valence-electron chi connectivity index (χ1n) is 11.5. The molecule has 10 nitrogen and oxygen atoms in total. The van der Waals surface area contributed by atoms with Gasteiger partial charge in [0.05, 0.1) is 12.3 Å². The number of aryl methyl sites for hydroxylation is 1. The van der Waals surface area contributed by atoms with Crippen LogP contribution in [0.2, 0.25) is 0 Å². The predicted molar refractivity (Wildman–Crippen MR) is 135 cm³/mol. The van der Waals surface area contributed by atoms with Gasteiger partial charge in [-0.15, -0.1) is 0 Å². The lowest BCUT2D eigenvalue weighted by Gasteiger charge is -2.35. The van der Waals surface area contributed by atoms with Gasteiger partial charge >= 0.3 is 0 Å². The second kappa shape index (κ2) is 12.7. The number of aliphatic imine (C=N–C) groups is 1. The second-order valence-electron chi connectivity index (χ2n) is 10.4. The predicted octanol–water partition coefficient (Wildman–Crippen LogP) is 2.18. The molecule has 188 valence electrons. The highest BCUT2D eigenvalue weighted by molar-refractivity contribution is 6.06. The summed E-state index contributed by atoms with van der Waals surface area (Å²) in [5.41, 5.74) is 18.0. The molecular weight excluding hydrogens is 420 g/mol. The molecule has 0 radical (unpaired) electrons. The summed E-state index contributed by atoms with van der Waals surface area (Å²) in [5.74, 6) is -0.382. The molecule has 0 unspecified atom stereocenters. The lowest BCUT2D eigenvalue weighted by Crippen LogP contribution is -2.38. The average Bonchev–Trinajstić information content (AvgIpc) is 2.66. The van der Waals surface area contributed by atoms with Crippen molar-refractivity contribution in [3.05, 3.63) is 11.4 Å². The van der Waals surface area contributed by atoms with E-state index < -0.39 is 5.91 Å². The maximum Gasteiger partial charge on any atom is 0.280 e. The van der Waals surface area contributed by atoms with Crippen molar-refractivity contribution in [3.8, 4) is 0 Å². The maximum atomic E-state index is 12.3. The standard InChI is InChI=1S/C23H44N8O2/c1-16-18(24)29-19(25)17(28-16)20(32)30-21(26)27-11-8-9-22(2,3)15-23(4,5)10-13-33-14-12-31(6)7/h8-15H2,1-7H3,(H4,24,25,29)(H3,26,27,30,32). The summed E-state index contributed by atoms with van der Waals surface area (Å²) in [6.45, 7) is 13.8. The van der Waals surface area contributed by atoms with E-state index in [1.54, 1.807) is 6.92 Å². The molecule has 0 bridgehead atoms. The zero-order chi connectivity index (χ0) is 25.2. The molecule has 1 aromatic heterocycles. The first-order chi connectivity index (χ1) is 15.2. The number of ether oxygens (including phenoxy) is 1. The third-order valence-electron chi connectivity index (χ3n) is 5.45. The van der Waals surface area contributed by atoms with Gasteiger partial charge in [-0.3, -0.25) is 15.1 Å². The van der Waals surface area contributed by atoms with Crippen LogP contribution in [0.3, 0.4) is 0 Å². The minimum absolute atomic E-state index is 0.0195. The van der Waals surface area contributed by atoms with Crippen LogP contribution in [-0.4, -0.2) is 67.1 Å². The van der Waals surface area contributed by atoms with Crippen LogP contribution in [0.4, 0.5) is 11.6 Å². The number of likely N-dealkylation sites (N-methyl/N-ethyl adjacent to an activating group) is 1. The van der Waals surface area contributed by atoms with Crippen molar-refractivity contribution in [2.24, 2.45) is 21.6 Å². The van der Waals surface area contributed by atoms with Crippen LogP contribution >= 0.6 is 0 Å². The van der Waals surface area contributed by atoms with Gasteiger partial charge in [-0.1, -0.05) is 27.7 Å². The van der Waals surface area contributed by atoms with E-state index in [0.29, 0.717) is 12.2 Å². The average molecular weight is 465 g/mol. The van der Waals surface area contributed by atoms with Crippen molar-refractivity contribution in [2.45, 2.75) is 60.3 Å². The molecule has 1 rings (SSSR count).